The van der Waals surface area contributed by atoms with Crippen molar-refractivity contribution in [2.24, 2.45) is 0 Å². The molecule has 0 radical (unpaired) electrons. The van der Waals surface area contributed by atoms with E-state index in [4.69, 9.17) is 10.7 Å². The largest absolute Gasteiger partial charge is 0.285 e. The van der Waals surface area contributed by atoms with Crippen molar-refractivity contribution in [3.05, 3.63) is 32.3 Å². The highest BCUT2D eigenvalue weighted by atomic mass is 79.9. The summed E-state index contributed by atoms with van der Waals surface area (Å²) in [4.78, 5) is 9.79. The van der Waals surface area contributed by atoms with Crippen molar-refractivity contribution in [3.8, 4) is 0 Å². The number of aryl methyl sites for hydroxylation is 1. The predicted molar refractivity (Wildman–Crippen MR) is 63.2 cm³/mol. The van der Waals surface area contributed by atoms with Crippen molar-refractivity contribution in [2.75, 3.05) is 0 Å². The molecule has 0 unspecified atom stereocenters. The number of halogens is 2. The van der Waals surface area contributed by atoms with Crippen LogP contribution in [0, 0.1) is 10.1 Å². The van der Waals surface area contributed by atoms with Crippen molar-refractivity contribution < 1.29 is 13.3 Å². The number of nitro benzene ring substituents is 1. The van der Waals surface area contributed by atoms with Gasteiger partial charge in [0.15, 0.2) is 0 Å². The van der Waals surface area contributed by atoms with E-state index in [0.717, 1.165) is 6.07 Å². The molecule has 1 rings (SSSR count). The Morgan fingerprint density at radius 3 is 2.44 bits per heavy atom. The van der Waals surface area contributed by atoms with Gasteiger partial charge in [0.1, 0.15) is 0 Å². The van der Waals surface area contributed by atoms with Crippen molar-refractivity contribution in [3.63, 3.8) is 0 Å². The van der Waals surface area contributed by atoms with E-state index in [0.29, 0.717) is 12.0 Å². The van der Waals surface area contributed by atoms with E-state index in [1.165, 1.54) is 6.07 Å². The zero-order valence-corrected chi connectivity index (χ0v) is 11.3. The zero-order chi connectivity index (χ0) is 12.5. The van der Waals surface area contributed by atoms with Crippen LogP contribution in [0.4, 0.5) is 5.69 Å². The van der Waals surface area contributed by atoms with Crippen molar-refractivity contribution in [1.29, 1.82) is 0 Å². The van der Waals surface area contributed by atoms with E-state index in [1.807, 2.05) is 0 Å². The SMILES string of the molecule is CCc1cc(S(=O)(=O)Cl)cc([N+](=O)[O-])c1Br. The third-order valence-electron chi connectivity index (χ3n) is 1.96. The molecule has 0 aromatic heterocycles. The molecule has 0 aliphatic rings. The first kappa shape index (κ1) is 13.4. The Hall–Kier alpha value is -0.660. The van der Waals surface area contributed by atoms with Crippen LogP contribution in [-0.2, 0) is 15.5 Å². The molecule has 0 fully saturated rings. The highest BCUT2D eigenvalue weighted by molar-refractivity contribution is 9.10. The van der Waals surface area contributed by atoms with E-state index < -0.39 is 14.0 Å². The molecule has 88 valence electrons. The van der Waals surface area contributed by atoms with E-state index in [-0.39, 0.29) is 15.1 Å². The average molecular weight is 329 g/mol. The van der Waals surface area contributed by atoms with E-state index in [9.17, 15) is 18.5 Å². The van der Waals surface area contributed by atoms with Crippen LogP contribution in [0.15, 0.2) is 21.5 Å². The lowest BCUT2D eigenvalue weighted by atomic mass is 10.1. The second-order valence-electron chi connectivity index (χ2n) is 2.96. The Morgan fingerprint density at radius 2 is 2.06 bits per heavy atom. The first-order valence-corrected chi connectivity index (χ1v) is 7.29. The third kappa shape index (κ3) is 2.72. The second kappa shape index (κ2) is 4.68. The van der Waals surface area contributed by atoms with Crippen LogP contribution in [-0.4, -0.2) is 13.3 Å². The van der Waals surface area contributed by atoms with Crippen LogP contribution in [0.25, 0.3) is 0 Å². The summed E-state index contributed by atoms with van der Waals surface area (Å²) >= 11 is 3.06. The van der Waals surface area contributed by atoms with Gasteiger partial charge in [-0.2, -0.15) is 0 Å². The third-order valence-corrected chi connectivity index (χ3v) is 4.21. The van der Waals surface area contributed by atoms with Gasteiger partial charge in [0.2, 0.25) is 0 Å². The molecule has 0 heterocycles. The van der Waals surface area contributed by atoms with Gasteiger partial charge in [0, 0.05) is 16.7 Å². The monoisotopic (exact) mass is 327 g/mol. The molecule has 0 aliphatic heterocycles. The van der Waals surface area contributed by atoms with Gasteiger partial charge < -0.3 is 0 Å². The van der Waals surface area contributed by atoms with Gasteiger partial charge in [-0.05, 0) is 34.0 Å². The summed E-state index contributed by atoms with van der Waals surface area (Å²) in [5, 5.41) is 10.7. The van der Waals surface area contributed by atoms with E-state index in [1.54, 1.807) is 6.92 Å². The van der Waals surface area contributed by atoms with Crippen LogP contribution >= 0.6 is 26.6 Å². The van der Waals surface area contributed by atoms with Crippen LogP contribution in [0.5, 0.6) is 0 Å². The molecule has 0 atom stereocenters. The lowest BCUT2D eigenvalue weighted by Crippen LogP contribution is -1.98. The lowest BCUT2D eigenvalue weighted by molar-refractivity contribution is -0.385. The maximum Gasteiger partial charge on any atom is 0.285 e. The number of rotatable bonds is 3. The Balaban J connectivity index is 3.59. The minimum absolute atomic E-state index is 0.263. The lowest BCUT2D eigenvalue weighted by Gasteiger charge is -2.04. The fourth-order valence-electron chi connectivity index (χ4n) is 1.17. The molecule has 0 saturated heterocycles. The number of hydrogen-bond donors (Lipinski definition) is 0. The topological polar surface area (TPSA) is 77.3 Å². The van der Waals surface area contributed by atoms with E-state index >= 15 is 0 Å². The fraction of sp³-hybridized carbons (Fsp3) is 0.250. The standard InChI is InChI=1S/C8H7BrClNO4S/c1-2-5-3-6(16(10,14)15)4-7(8(5)9)11(12)13/h3-4H,2H2,1H3. The van der Waals surface area contributed by atoms with E-state index in [2.05, 4.69) is 15.9 Å². The molecule has 0 aliphatic carbocycles. The predicted octanol–water partition coefficient (Wildman–Crippen LogP) is 2.85. The summed E-state index contributed by atoms with van der Waals surface area (Å²) in [6, 6.07) is 2.25. The minimum Gasteiger partial charge on any atom is -0.258 e. The summed E-state index contributed by atoms with van der Waals surface area (Å²) in [6.45, 7) is 1.76. The minimum atomic E-state index is -3.96. The summed E-state index contributed by atoms with van der Waals surface area (Å²) in [6.07, 6.45) is 0.460. The molecule has 0 amide bonds. The number of nitro groups is 1. The maximum atomic E-state index is 11.1. The van der Waals surface area contributed by atoms with Gasteiger partial charge >= 0.3 is 0 Å². The average Bonchev–Trinajstić information content (AvgIpc) is 2.15. The van der Waals surface area contributed by atoms with Crippen LogP contribution in [0.3, 0.4) is 0 Å². The summed E-state index contributed by atoms with van der Waals surface area (Å²) < 4.78 is 22.5. The first-order valence-electron chi connectivity index (χ1n) is 4.18. The fourth-order valence-corrected chi connectivity index (χ4v) is 2.63. The Morgan fingerprint density at radius 1 is 1.50 bits per heavy atom. The molecule has 5 nitrogen and oxygen atoms in total. The summed E-state index contributed by atoms with van der Waals surface area (Å²) in [5.41, 5.74) is 0.215. The van der Waals surface area contributed by atoms with Crippen LogP contribution in [0.2, 0.25) is 0 Å². The zero-order valence-electron chi connectivity index (χ0n) is 8.11. The molecule has 0 saturated carbocycles. The van der Waals surface area contributed by atoms with Crippen molar-refractivity contribution >= 4 is 41.4 Å². The molecule has 0 N–H and O–H groups in total. The molecule has 0 bridgehead atoms. The van der Waals surface area contributed by atoms with Crippen molar-refractivity contribution in [1.82, 2.24) is 0 Å². The number of benzene rings is 1. The molecular formula is C8H7BrClNO4S. The number of hydrogen-bond acceptors (Lipinski definition) is 4. The molecule has 1 aromatic carbocycles. The smallest absolute Gasteiger partial charge is 0.258 e. The molecule has 16 heavy (non-hydrogen) atoms. The maximum absolute atomic E-state index is 11.1. The second-order valence-corrected chi connectivity index (χ2v) is 6.32. The summed E-state index contributed by atoms with van der Waals surface area (Å²) in [5.74, 6) is 0. The Bertz CT molecular complexity index is 543. The first-order chi connectivity index (χ1) is 7.27. The molecule has 8 heteroatoms. The molecule has 0 spiro atoms. The van der Waals surface area contributed by atoms with Gasteiger partial charge in [0.25, 0.3) is 14.7 Å². The molecular weight excluding hydrogens is 322 g/mol. The van der Waals surface area contributed by atoms with Gasteiger partial charge in [-0.15, -0.1) is 0 Å². The van der Waals surface area contributed by atoms with Gasteiger partial charge in [-0.1, -0.05) is 6.92 Å². The Kier molecular flexibility index (Phi) is 3.92. The van der Waals surface area contributed by atoms with Crippen molar-refractivity contribution in [2.45, 2.75) is 18.2 Å². The highest BCUT2D eigenvalue weighted by Crippen LogP contribution is 2.33. The summed E-state index contributed by atoms with van der Waals surface area (Å²) in [7, 11) is 1.19. The van der Waals surface area contributed by atoms with Gasteiger partial charge in [-0.3, -0.25) is 10.1 Å². The quantitative estimate of drug-likeness (QED) is 0.485. The van der Waals surface area contributed by atoms with Crippen LogP contribution < -0.4 is 0 Å². The normalized spacial score (nSPS) is 11.4. The van der Waals surface area contributed by atoms with Crippen LogP contribution in [0.1, 0.15) is 12.5 Å². The van der Waals surface area contributed by atoms with Gasteiger partial charge in [0.05, 0.1) is 14.3 Å². The molecule has 1 aromatic rings. The highest BCUT2D eigenvalue weighted by Gasteiger charge is 2.21. The van der Waals surface area contributed by atoms with Gasteiger partial charge in [-0.25, -0.2) is 8.42 Å². The number of nitrogens with zero attached hydrogens (tertiary/aromatic N) is 1. The Labute approximate surface area is 105 Å².